The third-order valence-electron chi connectivity index (χ3n) is 5.15. The fourth-order valence-corrected chi connectivity index (χ4v) is 4.18. The first kappa shape index (κ1) is 13.9. The molecule has 3 heterocycles. The predicted octanol–water partition coefficient (Wildman–Crippen LogP) is 3.72. The smallest absolute Gasteiger partial charge is 0.226 e. The summed E-state index contributed by atoms with van der Waals surface area (Å²) in [4.78, 5) is 7.33. The van der Waals surface area contributed by atoms with Crippen LogP contribution in [0.15, 0.2) is 34.9 Å². The van der Waals surface area contributed by atoms with E-state index in [0.29, 0.717) is 18.0 Å². The van der Waals surface area contributed by atoms with Gasteiger partial charge < -0.3 is 4.52 Å². The number of benzene rings is 1. The van der Waals surface area contributed by atoms with Crippen LogP contribution in [0, 0.1) is 0 Å². The molecule has 2 aromatic rings. The van der Waals surface area contributed by atoms with E-state index in [4.69, 9.17) is 4.52 Å². The second-order valence-electron chi connectivity index (χ2n) is 6.51. The van der Waals surface area contributed by atoms with E-state index < -0.39 is 0 Å². The van der Waals surface area contributed by atoms with E-state index in [2.05, 4.69) is 52.3 Å². The van der Waals surface area contributed by atoms with Crippen LogP contribution in [0.5, 0.6) is 0 Å². The summed E-state index contributed by atoms with van der Waals surface area (Å²) in [6, 6.07) is 12.0. The van der Waals surface area contributed by atoms with Crippen molar-refractivity contribution in [2.75, 3.05) is 6.54 Å². The largest absolute Gasteiger partial charge is 0.339 e. The average molecular weight is 297 g/mol. The van der Waals surface area contributed by atoms with Crippen LogP contribution in [0.1, 0.15) is 61.8 Å². The Kier molecular flexibility index (Phi) is 3.70. The van der Waals surface area contributed by atoms with Crippen molar-refractivity contribution < 1.29 is 4.52 Å². The first-order chi connectivity index (χ1) is 10.9. The first-order valence-corrected chi connectivity index (χ1v) is 8.50. The summed E-state index contributed by atoms with van der Waals surface area (Å²) in [6.07, 6.45) is 5.58. The second kappa shape index (κ2) is 5.84. The summed E-state index contributed by atoms with van der Waals surface area (Å²) in [5.41, 5.74) is 1.43. The molecule has 0 unspecified atom stereocenters. The lowest BCUT2D eigenvalue weighted by atomic mass is 9.94. The minimum atomic E-state index is 0.419. The van der Waals surface area contributed by atoms with E-state index in [-0.39, 0.29) is 0 Å². The monoisotopic (exact) mass is 297 g/mol. The van der Waals surface area contributed by atoms with Gasteiger partial charge in [0.2, 0.25) is 5.89 Å². The van der Waals surface area contributed by atoms with Crippen molar-refractivity contribution in [1.29, 1.82) is 0 Å². The summed E-state index contributed by atoms with van der Waals surface area (Å²) in [5, 5.41) is 4.29. The van der Waals surface area contributed by atoms with E-state index in [0.717, 1.165) is 31.0 Å². The normalized spacial score (nSPS) is 28.1. The standard InChI is InChI=1S/C18H23N3O/c1-2-7-17-19-18(20-22-17)14-12-16(13-8-4-3-5-9-13)21-11-6-10-15(14)21/h3-5,8-9,14-16H,2,6-7,10-12H2,1H3/t14-,15+,16-/m0/s1. The summed E-state index contributed by atoms with van der Waals surface area (Å²) < 4.78 is 5.43. The number of hydrogen-bond acceptors (Lipinski definition) is 4. The van der Waals surface area contributed by atoms with Crippen LogP contribution in [-0.2, 0) is 6.42 Å². The molecule has 2 aliphatic rings. The molecule has 4 rings (SSSR count). The van der Waals surface area contributed by atoms with Gasteiger partial charge in [-0.25, -0.2) is 0 Å². The zero-order valence-corrected chi connectivity index (χ0v) is 13.1. The number of fused-ring (bicyclic) bond motifs is 1. The van der Waals surface area contributed by atoms with E-state index in [1.54, 1.807) is 0 Å². The van der Waals surface area contributed by atoms with Crippen LogP contribution in [0.25, 0.3) is 0 Å². The molecular weight excluding hydrogens is 274 g/mol. The van der Waals surface area contributed by atoms with Crippen molar-refractivity contribution in [3.05, 3.63) is 47.6 Å². The number of aromatic nitrogens is 2. The summed E-state index contributed by atoms with van der Waals surface area (Å²) in [5.74, 6) is 2.14. The van der Waals surface area contributed by atoms with Gasteiger partial charge in [-0.2, -0.15) is 4.98 Å². The fraction of sp³-hybridized carbons (Fsp3) is 0.556. The Hall–Kier alpha value is -1.68. The van der Waals surface area contributed by atoms with Crippen LogP contribution < -0.4 is 0 Å². The highest BCUT2D eigenvalue weighted by Crippen LogP contribution is 2.48. The Bertz CT molecular complexity index is 624. The molecule has 2 aliphatic heterocycles. The van der Waals surface area contributed by atoms with Crippen molar-refractivity contribution >= 4 is 0 Å². The zero-order valence-electron chi connectivity index (χ0n) is 13.1. The minimum absolute atomic E-state index is 0.419. The molecule has 1 aromatic carbocycles. The second-order valence-corrected chi connectivity index (χ2v) is 6.51. The molecule has 0 spiro atoms. The lowest BCUT2D eigenvalue weighted by Crippen LogP contribution is -2.27. The van der Waals surface area contributed by atoms with Gasteiger partial charge in [-0.05, 0) is 37.8 Å². The molecule has 1 aromatic heterocycles. The molecule has 2 saturated heterocycles. The molecule has 0 aliphatic carbocycles. The van der Waals surface area contributed by atoms with Gasteiger partial charge in [0.05, 0.1) is 0 Å². The molecule has 0 saturated carbocycles. The lowest BCUT2D eigenvalue weighted by molar-refractivity contribution is 0.243. The lowest BCUT2D eigenvalue weighted by Gasteiger charge is -2.24. The molecule has 0 radical (unpaired) electrons. The van der Waals surface area contributed by atoms with Crippen LogP contribution in [0.2, 0.25) is 0 Å². The van der Waals surface area contributed by atoms with Crippen LogP contribution in [0.3, 0.4) is 0 Å². The van der Waals surface area contributed by atoms with Crippen LogP contribution >= 0.6 is 0 Å². The summed E-state index contributed by atoms with van der Waals surface area (Å²) in [6.45, 7) is 3.34. The van der Waals surface area contributed by atoms with Gasteiger partial charge in [0.15, 0.2) is 5.82 Å². The Morgan fingerprint density at radius 2 is 2.14 bits per heavy atom. The Balaban J connectivity index is 1.61. The third-order valence-corrected chi connectivity index (χ3v) is 5.15. The van der Waals surface area contributed by atoms with E-state index in [9.17, 15) is 0 Å². The Morgan fingerprint density at radius 1 is 1.27 bits per heavy atom. The van der Waals surface area contributed by atoms with Gasteiger partial charge >= 0.3 is 0 Å². The first-order valence-electron chi connectivity index (χ1n) is 8.50. The van der Waals surface area contributed by atoms with E-state index >= 15 is 0 Å². The van der Waals surface area contributed by atoms with E-state index in [1.165, 1.54) is 24.9 Å². The molecule has 0 amide bonds. The highest BCUT2D eigenvalue weighted by Gasteiger charge is 2.46. The van der Waals surface area contributed by atoms with Gasteiger partial charge in [-0.3, -0.25) is 4.90 Å². The molecule has 2 fully saturated rings. The number of nitrogens with zero attached hydrogens (tertiary/aromatic N) is 3. The number of aryl methyl sites for hydroxylation is 1. The maximum absolute atomic E-state index is 5.43. The van der Waals surface area contributed by atoms with Crippen molar-refractivity contribution in [1.82, 2.24) is 15.0 Å². The number of hydrogen-bond donors (Lipinski definition) is 0. The van der Waals surface area contributed by atoms with Gasteiger partial charge in [0.1, 0.15) is 0 Å². The Morgan fingerprint density at radius 3 is 2.95 bits per heavy atom. The topological polar surface area (TPSA) is 42.2 Å². The molecule has 0 N–H and O–H groups in total. The molecule has 4 nitrogen and oxygen atoms in total. The van der Waals surface area contributed by atoms with Crippen LogP contribution in [-0.4, -0.2) is 27.6 Å². The minimum Gasteiger partial charge on any atom is -0.339 e. The third kappa shape index (κ3) is 2.35. The van der Waals surface area contributed by atoms with Crippen molar-refractivity contribution in [3.63, 3.8) is 0 Å². The molecule has 0 bridgehead atoms. The Labute approximate surface area is 131 Å². The average Bonchev–Trinajstić information content (AvgIpc) is 3.24. The quantitative estimate of drug-likeness (QED) is 0.862. The molecule has 4 heteroatoms. The number of rotatable bonds is 4. The maximum Gasteiger partial charge on any atom is 0.226 e. The molecule has 3 atom stereocenters. The van der Waals surface area contributed by atoms with Gasteiger partial charge in [-0.1, -0.05) is 42.4 Å². The highest BCUT2D eigenvalue weighted by atomic mass is 16.5. The van der Waals surface area contributed by atoms with Crippen LogP contribution in [0.4, 0.5) is 0 Å². The van der Waals surface area contributed by atoms with Crippen molar-refractivity contribution in [2.24, 2.45) is 0 Å². The molecule has 22 heavy (non-hydrogen) atoms. The summed E-state index contributed by atoms with van der Waals surface area (Å²) in [7, 11) is 0. The van der Waals surface area contributed by atoms with Crippen molar-refractivity contribution in [3.8, 4) is 0 Å². The maximum atomic E-state index is 5.43. The van der Waals surface area contributed by atoms with Gasteiger partial charge in [0, 0.05) is 24.4 Å². The SMILES string of the molecule is CCCc1nc([C@H]2C[C@@H](c3ccccc3)N3CCC[C@H]23)no1. The fourth-order valence-electron chi connectivity index (χ4n) is 4.18. The molecule has 116 valence electrons. The predicted molar refractivity (Wildman–Crippen MR) is 84.6 cm³/mol. The van der Waals surface area contributed by atoms with Gasteiger partial charge in [0.25, 0.3) is 0 Å². The van der Waals surface area contributed by atoms with E-state index in [1.807, 2.05) is 0 Å². The van der Waals surface area contributed by atoms with Gasteiger partial charge in [-0.15, -0.1) is 0 Å². The molecular formula is C18H23N3O. The summed E-state index contributed by atoms with van der Waals surface area (Å²) >= 11 is 0. The highest BCUT2D eigenvalue weighted by molar-refractivity contribution is 5.24. The van der Waals surface area contributed by atoms with Crippen molar-refractivity contribution in [2.45, 2.75) is 57.0 Å². The zero-order chi connectivity index (χ0) is 14.9.